The number of rotatable bonds is 6. The van der Waals surface area contributed by atoms with Gasteiger partial charge < -0.3 is 10.1 Å². The van der Waals surface area contributed by atoms with Gasteiger partial charge in [-0.15, -0.1) is 0 Å². The first-order valence-corrected chi connectivity index (χ1v) is 7.22. The summed E-state index contributed by atoms with van der Waals surface area (Å²) < 4.78 is 5.76. The van der Waals surface area contributed by atoms with E-state index in [1.807, 2.05) is 6.07 Å². The topological polar surface area (TPSA) is 34.1 Å². The Morgan fingerprint density at radius 3 is 2.75 bits per heavy atom. The molecular formula is C16H17ClN2O. The van der Waals surface area contributed by atoms with Crippen molar-refractivity contribution in [1.82, 2.24) is 10.3 Å². The van der Waals surface area contributed by atoms with Crippen LogP contribution in [0.1, 0.15) is 24.0 Å². The van der Waals surface area contributed by atoms with Crippen LogP contribution < -0.4 is 10.1 Å². The summed E-state index contributed by atoms with van der Waals surface area (Å²) in [5.74, 6) is 0.697. The van der Waals surface area contributed by atoms with E-state index in [-0.39, 0.29) is 0 Å². The van der Waals surface area contributed by atoms with Crippen LogP contribution in [0.2, 0.25) is 5.02 Å². The van der Waals surface area contributed by atoms with Crippen molar-refractivity contribution in [3.63, 3.8) is 0 Å². The molecule has 0 saturated heterocycles. The highest BCUT2D eigenvalue weighted by Gasteiger charge is 2.20. The predicted octanol–water partition coefficient (Wildman–Crippen LogP) is 3.57. The van der Waals surface area contributed by atoms with E-state index >= 15 is 0 Å². The van der Waals surface area contributed by atoms with Gasteiger partial charge in [-0.1, -0.05) is 35.9 Å². The van der Waals surface area contributed by atoms with Crippen molar-refractivity contribution >= 4 is 11.6 Å². The largest absolute Gasteiger partial charge is 0.487 e. The fraction of sp³-hybridized carbons (Fsp3) is 0.312. The van der Waals surface area contributed by atoms with Gasteiger partial charge >= 0.3 is 0 Å². The first kappa shape index (κ1) is 13.4. The van der Waals surface area contributed by atoms with Crippen LogP contribution in [-0.2, 0) is 13.2 Å². The summed E-state index contributed by atoms with van der Waals surface area (Å²) in [5, 5.41) is 4.12. The number of benzene rings is 1. The molecule has 1 saturated carbocycles. The lowest BCUT2D eigenvalue weighted by Crippen LogP contribution is -2.16. The smallest absolute Gasteiger partial charge is 0.139 e. The summed E-state index contributed by atoms with van der Waals surface area (Å²) in [6, 6.07) is 10.8. The zero-order valence-corrected chi connectivity index (χ0v) is 11.9. The zero-order valence-electron chi connectivity index (χ0n) is 11.2. The van der Waals surface area contributed by atoms with E-state index in [0.29, 0.717) is 23.4 Å². The minimum absolute atomic E-state index is 0.532. The Labute approximate surface area is 123 Å². The second-order valence-electron chi connectivity index (χ2n) is 5.05. The van der Waals surface area contributed by atoms with Crippen molar-refractivity contribution < 1.29 is 4.74 Å². The molecule has 1 fully saturated rings. The minimum Gasteiger partial charge on any atom is -0.487 e. The average molecular weight is 289 g/mol. The molecule has 0 bridgehead atoms. The molecule has 1 aliphatic rings. The van der Waals surface area contributed by atoms with Gasteiger partial charge in [0.2, 0.25) is 0 Å². The zero-order chi connectivity index (χ0) is 13.8. The molecule has 0 amide bonds. The maximum absolute atomic E-state index is 5.90. The SMILES string of the molecule is Clc1cncc(OCc2ccccc2CNC2CC2)c1. The number of pyridine rings is 1. The second-order valence-corrected chi connectivity index (χ2v) is 5.49. The van der Waals surface area contributed by atoms with Crippen molar-refractivity contribution in [2.24, 2.45) is 0 Å². The fourth-order valence-electron chi connectivity index (χ4n) is 2.04. The van der Waals surface area contributed by atoms with Crippen LogP contribution in [-0.4, -0.2) is 11.0 Å². The lowest BCUT2D eigenvalue weighted by molar-refractivity contribution is 0.303. The number of halogens is 1. The minimum atomic E-state index is 0.532. The molecule has 1 N–H and O–H groups in total. The molecule has 0 aliphatic heterocycles. The standard InChI is InChI=1S/C16H17ClN2O/c17-14-7-16(10-18-9-14)20-11-13-4-2-1-3-12(13)8-19-15-5-6-15/h1-4,7,9-10,15,19H,5-6,8,11H2. The van der Waals surface area contributed by atoms with Gasteiger partial charge in [0, 0.05) is 24.8 Å². The highest BCUT2D eigenvalue weighted by molar-refractivity contribution is 6.30. The third kappa shape index (κ3) is 3.71. The van der Waals surface area contributed by atoms with Crippen molar-refractivity contribution in [3.8, 4) is 5.75 Å². The summed E-state index contributed by atoms with van der Waals surface area (Å²) in [7, 11) is 0. The van der Waals surface area contributed by atoms with Gasteiger partial charge in [-0.2, -0.15) is 0 Å². The summed E-state index contributed by atoms with van der Waals surface area (Å²) in [4.78, 5) is 4.02. The highest BCUT2D eigenvalue weighted by atomic mass is 35.5. The van der Waals surface area contributed by atoms with Gasteiger partial charge in [-0.05, 0) is 24.0 Å². The number of nitrogens with zero attached hydrogens (tertiary/aromatic N) is 1. The molecule has 0 spiro atoms. The molecule has 1 heterocycles. The van der Waals surface area contributed by atoms with Gasteiger partial charge in [-0.3, -0.25) is 4.98 Å². The van der Waals surface area contributed by atoms with Crippen LogP contribution in [0.3, 0.4) is 0 Å². The monoisotopic (exact) mass is 288 g/mol. The van der Waals surface area contributed by atoms with Crippen LogP contribution in [0.4, 0.5) is 0 Å². The summed E-state index contributed by atoms with van der Waals surface area (Å²) in [6.07, 6.45) is 5.87. The molecule has 0 radical (unpaired) electrons. The van der Waals surface area contributed by atoms with Crippen LogP contribution in [0.25, 0.3) is 0 Å². The lowest BCUT2D eigenvalue weighted by Gasteiger charge is -2.11. The van der Waals surface area contributed by atoms with Crippen LogP contribution >= 0.6 is 11.6 Å². The van der Waals surface area contributed by atoms with E-state index in [9.17, 15) is 0 Å². The van der Waals surface area contributed by atoms with E-state index in [1.165, 1.54) is 24.0 Å². The molecule has 2 aromatic rings. The Morgan fingerprint density at radius 1 is 1.20 bits per heavy atom. The fourth-order valence-corrected chi connectivity index (χ4v) is 2.21. The molecule has 104 valence electrons. The summed E-state index contributed by atoms with van der Waals surface area (Å²) in [6.45, 7) is 1.43. The van der Waals surface area contributed by atoms with Gasteiger partial charge in [0.05, 0.1) is 11.2 Å². The van der Waals surface area contributed by atoms with Gasteiger partial charge in [0.15, 0.2) is 0 Å². The molecule has 0 atom stereocenters. The first-order chi connectivity index (χ1) is 9.81. The van der Waals surface area contributed by atoms with Crippen molar-refractivity contribution in [3.05, 3.63) is 58.9 Å². The Hall–Kier alpha value is -1.58. The lowest BCUT2D eigenvalue weighted by atomic mass is 10.1. The van der Waals surface area contributed by atoms with E-state index < -0.39 is 0 Å². The number of nitrogens with one attached hydrogen (secondary N) is 1. The van der Waals surface area contributed by atoms with Crippen LogP contribution in [0.5, 0.6) is 5.75 Å². The van der Waals surface area contributed by atoms with Crippen LogP contribution in [0, 0.1) is 0 Å². The van der Waals surface area contributed by atoms with E-state index in [1.54, 1.807) is 18.5 Å². The Balaban J connectivity index is 1.63. The first-order valence-electron chi connectivity index (χ1n) is 6.85. The number of hydrogen-bond acceptors (Lipinski definition) is 3. The number of hydrogen-bond donors (Lipinski definition) is 1. The second kappa shape index (κ2) is 6.25. The summed E-state index contributed by atoms with van der Waals surface area (Å²) in [5.41, 5.74) is 2.48. The van der Waals surface area contributed by atoms with Crippen molar-refractivity contribution in [1.29, 1.82) is 0 Å². The maximum Gasteiger partial charge on any atom is 0.139 e. The molecule has 20 heavy (non-hydrogen) atoms. The average Bonchev–Trinajstić information content (AvgIpc) is 3.28. The van der Waals surface area contributed by atoms with Crippen molar-refractivity contribution in [2.45, 2.75) is 32.0 Å². The van der Waals surface area contributed by atoms with Crippen molar-refractivity contribution in [2.75, 3.05) is 0 Å². The molecule has 4 heteroatoms. The Morgan fingerprint density at radius 2 is 2.00 bits per heavy atom. The number of ether oxygens (including phenoxy) is 1. The van der Waals surface area contributed by atoms with E-state index in [2.05, 4.69) is 28.5 Å². The molecule has 0 unspecified atom stereocenters. The number of aromatic nitrogens is 1. The molecular weight excluding hydrogens is 272 g/mol. The molecule has 1 aromatic carbocycles. The van der Waals surface area contributed by atoms with Gasteiger partial charge in [0.25, 0.3) is 0 Å². The van der Waals surface area contributed by atoms with Crippen LogP contribution in [0.15, 0.2) is 42.7 Å². The van der Waals surface area contributed by atoms with E-state index in [0.717, 1.165) is 6.54 Å². The quantitative estimate of drug-likeness (QED) is 0.882. The summed E-state index contributed by atoms with van der Waals surface area (Å²) >= 11 is 5.90. The highest BCUT2D eigenvalue weighted by Crippen LogP contribution is 2.21. The predicted molar refractivity (Wildman–Crippen MR) is 79.9 cm³/mol. The third-order valence-corrected chi connectivity index (χ3v) is 3.56. The third-order valence-electron chi connectivity index (χ3n) is 3.35. The molecule has 3 rings (SSSR count). The van der Waals surface area contributed by atoms with Gasteiger partial charge in [-0.25, -0.2) is 0 Å². The normalized spacial score (nSPS) is 14.2. The molecule has 1 aliphatic carbocycles. The molecule has 3 nitrogen and oxygen atoms in total. The van der Waals surface area contributed by atoms with E-state index in [4.69, 9.17) is 16.3 Å². The Bertz CT molecular complexity index is 584. The maximum atomic E-state index is 5.90. The molecule has 1 aromatic heterocycles. The van der Waals surface area contributed by atoms with Gasteiger partial charge in [0.1, 0.15) is 12.4 Å². The Kier molecular flexibility index (Phi) is 4.19.